The minimum atomic E-state index is 0.167. The maximum absolute atomic E-state index is 6.25. The maximum Gasteiger partial charge on any atom is 0.0587 e. The Labute approximate surface area is 85.9 Å². The molecule has 0 bridgehead atoms. The second-order valence-corrected chi connectivity index (χ2v) is 4.22. The lowest BCUT2D eigenvalue weighted by atomic mass is 9.96. The van der Waals surface area contributed by atoms with Crippen molar-refractivity contribution in [3.8, 4) is 0 Å². The summed E-state index contributed by atoms with van der Waals surface area (Å²) in [6.07, 6.45) is 0.992. The van der Waals surface area contributed by atoms with Crippen LogP contribution in [0.5, 0.6) is 0 Å². The summed E-state index contributed by atoms with van der Waals surface area (Å²) in [6, 6.07) is 4.40. The SMILES string of the molecule is CCC(Cl)c1c(C)cc(C)cc1C. The van der Waals surface area contributed by atoms with Crippen molar-refractivity contribution in [2.75, 3.05) is 0 Å². The molecule has 1 unspecified atom stereocenters. The average molecular weight is 197 g/mol. The van der Waals surface area contributed by atoms with Crippen molar-refractivity contribution in [3.05, 3.63) is 34.4 Å². The van der Waals surface area contributed by atoms with Gasteiger partial charge in [-0.3, -0.25) is 0 Å². The molecule has 0 saturated carbocycles. The van der Waals surface area contributed by atoms with Crippen LogP contribution < -0.4 is 0 Å². The lowest BCUT2D eigenvalue weighted by Gasteiger charge is -2.14. The smallest absolute Gasteiger partial charge is 0.0587 e. The van der Waals surface area contributed by atoms with Gasteiger partial charge in [0.2, 0.25) is 0 Å². The molecule has 1 atom stereocenters. The molecule has 0 nitrogen and oxygen atoms in total. The summed E-state index contributed by atoms with van der Waals surface area (Å²) in [5.41, 5.74) is 5.27. The summed E-state index contributed by atoms with van der Waals surface area (Å²) in [5.74, 6) is 0. The molecule has 0 fully saturated rings. The van der Waals surface area contributed by atoms with Crippen LogP contribution in [-0.4, -0.2) is 0 Å². The van der Waals surface area contributed by atoms with Gasteiger partial charge in [0, 0.05) is 0 Å². The molecular formula is C12H17Cl. The van der Waals surface area contributed by atoms with Crippen LogP contribution in [0.1, 0.15) is 41.0 Å². The van der Waals surface area contributed by atoms with Crippen LogP contribution in [0.25, 0.3) is 0 Å². The van der Waals surface area contributed by atoms with E-state index in [9.17, 15) is 0 Å². The third kappa shape index (κ3) is 2.25. The molecular weight excluding hydrogens is 180 g/mol. The van der Waals surface area contributed by atoms with Crippen LogP contribution in [0.2, 0.25) is 0 Å². The van der Waals surface area contributed by atoms with Crippen LogP contribution in [0.3, 0.4) is 0 Å². The van der Waals surface area contributed by atoms with Gasteiger partial charge in [-0.15, -0.1) is 11.6 Å². The number of hydrogen-bond acceptors (Lipinski definition) is 0. The van der Waals surface area contributed by atoms with Gasteiger partial charge >= 0.3 is 0 Å². The molecule has 0 saturated heterocycles. The van der Waals surface area contributed by atoms with E-state index in [-0.39, 0.29) is 5.38 Å². The number of aryl methyl sites for hydroxylation is 3. The summed E-state index contributed by atoms with van der Waals surface area (Å²) < 4.78 is 0. The molecule has 13 heavy (non-hydrogen) atoms. The first-order valence-corrected chi connectivity index (χ1v) is 5.21. The van der Waals surface area contributed by atoms with Gasteiger partial charge in [0.05, 0.1) is 5.38 Å². The monoisotopic (exact) mass is 196 g/mol. The van der Waals surface area contributed by atoms with Crippen molar-refractivity contribution in [3.63, 3.8) is 0 Å². The molecule has 0 spiro atoms. The van der Waals surface area contributed by atoms with Crippen LogP contribution in [0.15, 0.2) is 12.1 Å². The van der Waals surface area contributed by atoms with Gasteiger partial charge in [0.25, 0.3) is 0 Å². The van der Waals surface area contributed by atoms with E-state index in [1.54, 1.807) is 0 Å². The first kappa shape index (κ1) is 10.6. The molecule has 1 rings (SSSR count). The second kappa shape index (κ2) is 4.15. The Bertz CT molecular complexity index is 279. The number of rotatable bonds is 2. The lowest BCUT2D eigenvalue weighted by molar-refractivity contribution is 0.866. The predicted octanol–water partition coefficient (Wildman–Crippen LogP) is 4.30. The first-order valence-electron chi connectivity index (χ1n) is 4.78. The molecule has 0 aliphatic rings. The fraction of sp³-hybridized carbons (Fsp3) is 0.500. The van der Waals surface area contributed by atoms with Gasteiger partial charge in [0.15, 0.2) is 0 Å². The first-order chi connectivity index (χ1) is 6.06. The Kier molecular flexibility index (Phi) is 3.38. The zero-order valence-electron chi connectivity index (χ0n) is 8.82. The molecule has 1 heteroatoms. The van der Waals surface area contributed by atoms with Gasteiger partial charge in [0.1, 0.15) is 0 Å². The minimum Gasteiger partial charge on any atom is -0.118 e. The summed E-state index contributed by atoms with van der Waals surface area (Å²) in [5, 5.41) is 0.167. The molecule has 0 aliphatic carbocycles. The molecule has 0 aliphatic heterocycles. The van der Waals surface area contributed by atoms with Gasteiger partial charge in [-0.05, 0) is 43.9 Å². The van der Waals surface area contributed by atoms with Crippen molar-refractivity contribution in [1.29, 1.82) is 0 Å². The third-order valence-electron chi connectivity index (χ3n) is 2.41. The third-order valence-corrected chi connectivity index (χ3v) is 2.94. The van der Waals surface area contributed by atoms with Crippen molar-refractivity contribution in [2.24, 2.45) is 0 Å². The van der Waals surface area contributed by atoms with E-state index in [1.165, 1.54) is 22.3 Å². The highest BCUT2D eigenvalue weighted by Gasteiger charge is 2.11. The standard InChI is InChI=1S/C12H17Cl/c1-5-11(13)12-9(3)6-8(2)7-10(12)4/h6-7,11H,5H2,1-4H3. The number of alkyl halides is 1. The van der Waals surface area contributed by atoms with Gasteiger partial charge < -0.3 is 0 Å². The van der Waals surface area contributed by atoms with Crippen molar-refractivity contribution in [1.82, 2.24) is 0 Å². The van der Waals surface area contributed by atoms with E-state index in [0.29, 0.717) is 0 Å². The molecule has 0 amide bonds. The van der Waals surface area contributed by atoms with Gasteiger partial charge in [-0.2, -0.15) is 0 Å². The molecule has 0 radical (unpaired) electrons. The molecule has 1 aromatic rings. The Morgan fingerprint density at radius 2 is 1.62 bits per heavy atom. The Hall–Kier alpha value is -0.490. The maximum atomic E-state index is 6.25. The highest BCUT2D eigenvalue weighted by Crippen LogP contribution is 2.30. The highest BCUT2D eigenvalue weighted by molar-refractivity contribution is 6.21. The zero-order valence-corrected chi connectivity index (χ0v) is 9.57. The van der Waals surface area contributed by atoms with Crippen LogP contribution in [0.4, 0.5) is 0 Å². The summed E-state index contributed by atoms with van der Waals surface area (Å²) >= 11 is 6.25. The molecule has 0 heterocycles. The Morgan fingerprint density at radius 1 is 1.15 bits per heavy atom. The average Bonchev–Trinajstić information content (AvgIpc) is 2.02. The molecule has 72 valence electrons. The van der Waals surface area contributed by atoms with E-state index in [4.69, 9.17) is 11.6 Å². The van der Waals surface area contributed by atoms with Gasteiger partial charge in [-0.25, -0.2) is 0 Å². The summed E-state index contributed by atoms with van der Waals surface area (Å²) in [7, 11) is 0. The van der Waals surface area contributed by atoms with E-state index in [0.717, 1.165) is 6.42 Å². The van der Waals surface area contributed by atoms with Crippen molar-refractivity contribution < 1.29 is 0 Å². The predicted molar refractivity (Wildman–Crippen MR) is 59.5 cm³/mol. The van der Waals surface area contributed by atoms with E-state index < -0.39 is 0 Å². The van der Waals surface area contributed by atoms with E-state index in [1.807, 2.05) is 0 Å². The number of benzene rings is 1. The van der Waals surface area contributed by atoms with Crippen LogP contribution in [0, 0.1) is 20.8 Å². The normalized spacial score (nSPS) is 13.0. The second-order valence-electron chi connectivity index (χ2n) is 3.69. The van der Waals surface area contributed by atoms with E-state index in [2.05, 4.69) is 39.8 Å². The highest BCUT2D eigenvalue weighted by atomic mass is 35.5. The Morgan fingerprint density at radius 3 is 2.00 bits per heavy atom. The Balaban J connectivity index is 3.20. The van der Waals surface area contributed by atoms with Crippen LogP contribution in [-0.2, 0) is 0 Å². The largest absolute Gasteiger partial charge is 0.118 e. The molecule has 1 aromatic carbocycles. The fourth-order valence-electron chi connectivity index (χ4n) is 1.89. The summed E-state index contributed by atoms with van der Waals surface area (Å²) in [6.45, 7) is 8.52. The van der Waals surface area contributed by atoms with Gasteiger partial charge in [-0.1, -0.05) is 24.6 Å². The number of hydrogen-bond donors (Lipinski definition) is 0. The van der Waals surface area contributed by atoms with Crippen molar-refractivity contribution in [2.45, 2.75) is 39.5 Å². The lowest BCUT2D eigenvalue weighted by Crippen LogP contribution is -1.97. The zero-order chi connectivity index (χ0) is 10.0. The molecule has 0 N–H and O–H groups in total. The van der Waals surface area contributed by atoms with Crippen molar-refractivity contribution >= 4 is 11.6 Å². The van der Waals surface area contributed by atoms with Crippen LogP contribution >= 0.6 is 11.6 Å². The number of halogens is 1. The summed E-state index contributed by atoms with van der Waals surface area (Å²) in [4.78, 5) is 0. The fourth-order valence-corrected chi connectivity index (χ4v) is 2.23. The quantitative estimate of drug-likeness (QED) is 0.619. The topological polar surface area (TPSA) is 0 Å². The molecule has 0 aromatic heterocycles. The minimum absolute atomic E-state index is 0.167. The van der Waals surface area contributed by atoms with E-state index >= 15 is 0 Å².